The highest BCUT2D eigenvalue weighted by molar-refractivity contribution is 5.93. The maximum absolute atomic E-state index is 12.5. The normalized spacial score (nSPS) is 18.6. The first-order valence-corrected chi connectivity index (χ1v) is 10.6. The van der Waals surface area contributed by atoms with Gasteiger partial charge < -0.3 is 25.2 Å². The number of likely N-dealkylation sites (tertiary alicyclic amines) is 1. The van der Waals surface area contributed by atoms with Gasteiger partial charge in [0.25, 0.3) is 0 Å². The van der Waals surface area contributed by atoms with Crippen LogP contribution in [0.2, 0.25) is 0 Å². The molecule has 1 aliphatic rings. The molecule has 0 bridgehead atoms. The molecule has 2 aromatic carbocycles. The fourth-order valence-corrected chi connectivity index (χ4v) is 3.58. The first kappa shape index (κ1) is 22.6. The molecule has 7 heteroatoms. The van der Waals surface area contributed by atoms with Crippen LogP contribution in [0.4, 0.5) is 5.69 Å². The summed E-state index contributed by atoms with van der Waals surface area (Å²) in [6, 6.07) is 14.1. The van der Waals surface area contributed by atoms with E-state index in [0.29, 0.717) is 24.6 Å². The van der Waals surface area contributed by atoms with Crippen LogP contribution in [-0.4, -0.2) is 52.2 Å². The van der Waals surface area contributed by atoms with Crippen LogP contribution in [0.3, 0.4) is 0 Å². The van der Waals surface area contributed by atoms with Crippen LogP contribution in [0.25, 0.3) is 0 Å². The van der Waals surface area contributed by atoms with Crippen molar-refractivity contribution in [3.8, 4) is 11.5 Å². The topological polar surface area (TPSA) is 99.1 Å². The largest absolute Gasteiger partial charge is 0.508 e. The molecule has 1 fully saturated rings. The van der Waals surface area contributed by atoms with Crippen LogP contribution in [0, 0.1) is 0 Å². The Morgan fingerprint density at radius 1 is 1.16 bits per heavy atom. The first-order chi connectivity index (χ1) is 14.8. The molecular formula is C24H30N2O5. The van der Waals surface area contributed by atoms with Gasteiger partial charge in [-0.1, -0.05) is 32.0 Å². The maximum Gasteiger partial charge on any atom is 0.224 e. The molecule has 0 aliphatic carbocycles. The summed E-state index contributed by atoms with van der Waals surface area (Å²) in [5.41, 5.74) is 1.65. The summed E-state index contributed by atoms with van der Waals surface area (Å²) in [4.78, 5) is 26.1. The average molecular weight is 427 g/mol. The van der Waals surface area contributed by atoms with E-state index in [9.17, 15) is 19.8 Å². The van der Waals surface area contributed by atoms with E-state index in [1.807, 2.05) is 24.3 Å². The Hall–Kier alpha value is -3.06. The van der Waals surface area contributed by atoms with Crippen molar-refractivity contribution < 1.29 is 24.5 Å². The fourth-order valence-electron chi connectivity index (χ4n) is 3.58. The summed E-state index contributed by atoms with van der Waals surface area (Å²) in [6.07, 6.45) is -0.557. The molecule has 2 amide bonds. The lowest BCUT2D eigenvalue weighted by Crippen LogP contribution is -2.51. The van der Waals surface area contributed by atoms with E-state index in [0.717, 1.165) is 5.75 Å². The van der Waals surface area contributed by atoms with E-state index in [2.05, 4.69) is 19.2 Å². The Bertz CT molecular complexity index is 914. The van der Waals surface area contributed by atoms with E-state index in [1.165, 1.54) is 17.7 Å². The number of phenols is 1. The monoisotopic (exact) mass is 426 g/mol. The number of carbonyl (C=O) groups is 2. The first-order valence-electron chi connectivity index (χ1n) is 10.6. The van der Waals surface area contributed by atoms with Gasteiger partial charge in [-0.2, -0.15) is 0 Å². The summed E-state index contributed by atoms with van der Waals surface area (Å²) >= 11 is 0. The van der Waals surface area contributed by atoms with Gasteiger partial charge in [0.1, 0.15) is 23.7 Å². The number of nitrogens with zero attached hydrogens (tertiary/aromatic N) is 1. The van der Waals surface area contributed by atoms with Gasteiger partial charge in [0.15, 0.2) is 0 Å². The lowest BCUT2D eigenvalue weighted by atomic mass is 10.0. The number of phenolic OH excluding ortho intramolecular Hbond substituents is 1. The molecular weight excluding hydrogens is 396 g/mol. The number of ether oxygens (including phenoxy) is 1. The van der Waals surface area contributed by atoms with Gasteiger partial charge in [0.2, 0.25) is 11.8 Å². The van der Waals surface area contributed by atoms with Crippen molar-refractivity contribution in [3.63, 3.8) is 0 Å². The SMILES string of the molecule is CC(C)c1cccc(O[C@@H]2CCN(C(=O)CCC(=O)Nc3cccc(O)c3)C[C@H]2O)c1. The van der Waals surface area contributed by atoms with E-state index in [1.54, 1.807) is 17.0 Å². The number of aromatic hydroxyl groups is 1. The number of β-amino-alcohol motifs (C(OH)–C–C–N with tert-alkyl or cyclic N) is 1. The van der Waals surface area contributed by atoms with Crippen molar-refractivity contribution in [2.45, 2.75) is 51.2 Å². The predicted molar refractivity (Wildman–Crippen MR) is 118 cm³/mol. The summed E-state index contributed by atoms with van der Waals surface area (Å²) in [5, 5.41) is 22.6. The van der Waals surface area contributed by atoms with E-state index >= 15 is 0 Å². The summed E-state index contributed by atoms with van der Waals surface area (Å²) in [7, 11) is 0. The van der Waals surface area contributed by atoms with Crippen LogP contribution in [0.1, 0.15) is 44.6 Å². The lowest BCUT2D eigenvalue weighted by molar-refractivity contribution is -0.138. The van der Waals surface area contributed by atoms with E-state index in [-0.39, 0.29) is 43.1 Å². The zero-order chi connectivity index (χ0) is 22.4. The summed E-state index contributed by atoms with van der Waals surface area (Å²) in [6.45, 7) is 4.88. The molecule has 166 valence electrons. The van der Waals surface area contributed by atoms with Crippen molar-refractivity contribution in [2.24, 2.45) is 0 Å². The number of aliphatic hydroxyl groups excluding tert-OH is 1. The smallest absolute Gasteiger partial charge is 0.224 e. The van der Waals surface area contributed by atoms with Crippen LogP contribution in [-0.2, 0) is 9.59 Å². The predicted octanol–water partition coefficient (Wildman–Crippen LogP) is 3.28. The third kappa shape index (κ3) is 6.46. The lowest BCUT2D eigenvalue weighted by Gasteiger charge is -2.36. The Morgan fingerprint density at radius 3 is 2.65 bits per heavy atom. The quantitative estimate of drug-likeness (QED) is 0.631. The second kappa shape index (κ2) is 10.3. The number of rotatable bonds is 7. The average Bonchev–Trinajstić information content (AvgIpc) is 2.73. The number of hydrogen-bond donors (Lipinski definition) is 3. The van der Waals surface area contributed by atoms with Crippen molar-refractivity contribution >= 4 is 17.5 Å². The van der Waals surface area contributed by atoms with Crippen LogP contribution < -0.4 is 10.1 Å². The van der Waals surface area contributed by atoms with Gasteiger partial charge >= 0.3 is 0 Å². The van der Waals surface area contributed by atoms with Gasteiger partial charge in [0, 0.05) is 37.6 Å². The minimum absolute atomic E-state index is 0.0308. The number of aliphatic hydroxyl groups is 1. The minimum Gasteiger partial charge on any atom is -0.508 e. The number of carbonyl (C=O) groups excluding carboxylic acids is 2. The van der Waals surface area contributed by atoms with E-state index in [4.69, 9.17) is 4.74 Å². The molecule has 31 heavy (non-hydrogen) atoms. The van der Waals surface area contributed by atoms with Crippen LogP contribution in [0.15, 0.2) is 48.5 Å². The number of benzene rings is 2. The van der Waals surface area contributed by atoms with Gasteiger partial charge in [-0.3, -0.25) is 9.59 Å². The second-order valence-electron chi connectivity index (χ2n) is 8.18. The number of hydrogen-bond acceptors (Lipinski definition) is 5. The number of amides is 2. The van der Waals surface area contributed by atoms with Crippen molar-refractivity contribution in [2.75, 3.05) is 18.4 Å². The van der Waals surface area contributed by atoms with Crippen LogP contribution in [0.5, 0.6) is 11.5 Å². The molecule has 0 radical (unpaired) electrons. The van der Waals surface area contributed by atoms with Crippen molar-refractivity contribution in [3.05, 3.63) is 54.1 Å². The van der Waals surface area contributed by atoms with Crippen molar-refractivity contribution in [1.29, 1.82) is 0 Å². The minimum atomic E-state index is -0.790. The molecule has 0 saturated carbocycles. The molecule has 1 saturated heterocycles. The zero-order valence-electron chi connectivity index (χ0n) is 18.0. The third-order valence-corrected chi connectivity index (χ3v) is 5.38. The highest BCUT2D eigenvalue weighted by Gasteiger charge is 2.31. The van der Waals surface area contributed by atoms with E-state index < -0.39 is 6.10 Å². The molecule has 0 spiro atoms. The zero-order valence-corrected chi connectivity index (χ0v) is 18.0. The number of piperidine rings is 1. The Balaban J connectivity index is 1.46. The Labute approximate surface area is 182 Å². The van der Waals surface area contributed by atoms with Gasteiger partial charge in [-0.15, -0.1) is 0 Å². The van der Waals surface area contributed by atoms with Gasteiger partial charge in [-0.25, -0.2) is 0 Å². The molecule has 0 unspecified atom stereocenters. The Kier molecular flexibility index (Phi) is 7.52. The molecule has 1 aliphatic heterocycles. The molecule has 7 nitrogen and oxygen atoms in total. The summed E-state index contributed by atoms with van der Waals surface area (Å²) in [5.74, 6) is 0.688. The molecule has 1 heterocycles. The Morgan fingerprint density at radius 2 is 1.94 bits per heavy atom. The molecule has 2 aromatic rings. The second-order valence-corrected chi connectivity index (χ2v) is 8.18. The molecule has 0 aromatic heterocycles. The van der Waals surface area contributed by atoms with Crippen LogP contribution >= 0.6 is 0 Å². The standard InChI is InChI=1S/C24H30N2O5/c1-16(2)17-5-3-8-20(13-17)31-22-11-12-26(15-21(22)28)24(30)10-9-23(29)25-18-6-4-7-19(27)14-18/h3-8,13-14,16,21-22,27-28H,9-12,15H2,1-2H3,(H,25,29)/t21-,22-/m1/s1. The number of nitrogens with one attached hydrogen (secondary N) is 1. The highest BCUT2D eigenvalue weighted by Crippen LogP contribution is 2.24. The molecule has 3 N–H and O–H groups in total. The number of anilines is 1. The molecule has 2 atom stereocenters. The third-order valence-electron chi connectivity index (χ3n) is 5.38. The van der Waals surface area contributed by atoms with Gasteiger partial charge in [0.05, 0.1) is 6.54 Å². The molecule has 3 rings (SSSR count). The summed E-state index contributed by atoms with van der Waals surface area (Å²) < 4.78 is 5.99. The van der Waals surface area contributed by atoms with Gasteiger partial charge in [-0.05, 0) is 35.7 Å². The van der Waals surface area contributed by atoms with Crippen molar-refractivity contribution in [1.82, 2.24) is 4.90 Å². The fraction of sp³-hybridized carbons (Fsp3) is 0.417. The maximum atomic E-state index is 12.5. The highest BCUT2D eigenvalue weighted by atomic mass is 16.5.